The summed E-state index contributed by atoms with van der Waals surface area (Å²) in [4.78, 5) is 31.9. The first-order valence-electron chi connectivity index (χ1n) is 28.5. The average Bonchev–Trinajstić information content (AvgIpc) is 3.33. The molecule has 1 heterocycles. The molecule has 78 heavy (non-hydrogen) atoms. The van der Waals surface area contributed by atoms with Gasteiger partial charge in [-0.3, -0.25) is 13.8 Å². The fraction of sp³-hybridized carbons (Fsp3) is 0.635. The summed E-state index contributed by atoms with van der Waals surface area (Å²) in [5.74, 6) is -0.707. The second-order valence-corrected chi connectivity index (χ2v) is 25.0. The number of rotatable bonds is 39. The molecule has 1 aliphatic rings. The summed E-state index contributed by atoms with van der Waals surface area (Å²) in [6.45, 7) is 26.2. The molecule has 1 fully saturated rings. The quantitative estimate of drug-likeness (QED) is 0.0252. The summed E-state index contributed by atoms with van der Waals surface area (Å²) < 4.78 is 44.4. The first-order valence-corrected chi connectivity index (χ1v) is 31.5. The zero-order valence-corrected chi connectivity index (χ0v) is 52.1. The fourth-order valence-electron chi connectivity index (χ4n) is 8.66. The predicted molar refractivity (Wildman–Crippen MR) is 322 cm³/mol. The third kappa shape index (κ3) is 36.9. The van der Waals surface area contributed by atoms with Crippen molar-refractivity contribution < 1.29 is 57.1 Å². The van der Waals surface area contributed by atoms with Gasteiger partial charge >= 0.3 is 15.6 Å². The number of phosphoric acid groups is 2. The SMILES string of the molecule is CC(=O)N[C@H]1[C@@H](OP(=O)(O)OP(=O)(O)OC/C=C(/C)CC/C=C(/C)CC/C=C(/C)CC/C=C(/C)CC/C=C(/C)CC/C=C(/C)CC/C=C(/C)CC/C=C(/C)CC/C=C(\C)CC/C=C(\C)CCC=C(C)C)O[C@H](CO)[C@H](O)[C@@H]1O. The number of nitrogens with one attached hydrogen (secondary N) is 1. The Balaban J connectivity index is 2.33. The van der Waals surface area contributed by atoms with Crippen LogP contribution >= 0.6 is 15.6 Å². The molecule has 0 radical (unpaired) electrons. The molecule has 7 atom stereocenters. The molecule has 0 aromatic rings. The van der Waals surface area contributed by atoms with E-state index in [2.05, 4.69) is 147 Å². The van der Waals surface area contributed by atoms with E-state index in [-0.39, 0.29) is 0 Å². The first-order chi connectivity index (χ1) is 36.7. The Morgan fingerprint density at radius 3 is 1.00 bits per heavy atom. The highest BCUT2D eigenvalue weighted by Gasteiger charge is 2.49. The molecule has 0 spiro atoms. The van der Waals surface area contributed by atoms with Crippen molar-refractivity contribution in [1.82, 2.24) is 5.32 Å². The number of carbonyl (C=O) groups is 1. The molecule has 1 amide bonds. The van der Waals surface area contributed by atoms with E-state index < -0.39 is 65.4 Å². The predicted octanol–water partition coefficient (Wildman–Crippen LogP) is 16.4. The van der Waals surface area contributed by atoms with E-state index in [0.717, 1.165) is 128 Å². The first kappa shape index (κ1) is 72.7. The van der Waals surface area contributed by atoms with Gasteiger partial charge in [0.25, 0.3) is 0 Å². The van der Waals surface area contributed by atoms with Crippen LogP contribution in [0.25, 0.3) is 0 Å². The molecule has 1 saturated heterocycles. The van der Waals surface area contributed by atoms with E-state index >= 15 is 0 Å². The van der Waals surface area contributed by atoms with E-state index in [1.165, 1.54) is 62.2 Å². The Labute approximate surface area is 472 Å². The monoisotopic (exact) mass is 1130 g/mol. The van der Waals surface area contributed by atoms with Gasteiger partial charge in [0.05, 0.1) is 13.2 Å². The maximum atomic E-state index is 12.6. The molecule has 444 valence electrons. The molecule has 0 bridgehead atoms. The lowest BCUT2D eigenvalue weighted by molar-refractivity contribution is -0.247. The largest absolute Gasteiger partial charge is 0.483 e. The van der Waals surface area contributed by atoms with Crippen LogP contribution in [-0.4, -0.2) is 74.9 Å². The topological polar surface area (TPSA) is 201 Å². The van der Waals surface area contributed by atoms with E-state index in [1.54, 1.807) is 6.08 Å². The van der Waals surface area contributed by atoms with Gasteiger partial charge in [-0.15, -0.1) is 0 Å². The third-order valence-electron chi connectivity index (χ3n) is 13.7. The van der Waals surface area contributed by atoms with Crippen molar-refractivity contribution in [3.05, 3.63) is 128 Å². The summed E-state index contributed by atoms with van der Waals surface area (Å²) in [6, 6.07) is -1.58. The van der Waals surface area contributed by atoms with Gasteiger partial charge in [-0.1, -0.05) is 128 Å². The van der Waals surface area contributed by atoms with E-state index in [9.17, 15) is 39.0 Å². The number of ether oxygens (including phenoxy) is 1. The van der Waals surface area contributed by atoms with Crippen LogP contribution in [0.1, 0.15) is 218 Å². The van der Waals surface area contributed by atoms with Crippen molar-refractivity contribution in [2.24, 2.45) is 0 Å². The van der Waals surface area contributed by atoms with Gasteiger partial charge in [0, 0.05) is 6.92 Å². The van der Waals surface area contributed by atoms with Gasteiger partial charge in [0.2, 0.25) is 5.91 Å². The van der Waals surface area contributed by atoms with Crippen molar-refractivity contribution in [2.75, 3.05) is 13.2 Å². The maximum absolute atomic E-state index is 12.6. The number of hydrogen-bond acceptors (Lipinski definition) is 10. The van der Waals surface area contributed by atoms with E-state index in [1.807, 2.05) is 6.92 Å². The highest BCUT2D eigenvalue weighted by Crippen LogP contribution is 2.61. The van der Waals surface area contributed by atoms with Gasteiger partial charge in [0.1, 0.15) is 24.4 Å². The van der Waals surface area contributed by atoms with Crippen molar-refractivity contribution in [2.45, 2.75) is 249 Å². The zero-order chi connectivity index (χ0) is 58.7. The summed E-state index contributed by atoms with van der Waals surface area (Å²) in [7, 11) is -10.6. The minimum atomic E-state index is -5.42. The summed E-state index contributed by atoms with van der Waals surface area (Å²) in [5.41, 5.74) is 15.3. The highest BCUT2D eigenvalue weighted by atomic mass is 31.3. The number of aliphatic hydroxyl groups is 3. The van der Waals surface area contributed by atoms with Crippen LogP contribution in [0.5, 0.6) is 0 Å². The summed E-state index contributed by atoms with van der Waals surface area (Å²) >= 11 is 0. The van der Waals surface area contributed by atoms with Gasteiger partial charge in [0.15, 0.2) is 6.29 Å². The van der Waals surface area contributed by atoms with Crippen LogP contribution in [0.3, 0.4) is 0 Å². The minimum absolute atomic E-state index is 0.407. The molecule has 1 aliphatic heterocycles. The molecule has 0 aromatic carbocycles. The molecule has 2 unspecified atom stereocenters. The number of aliphatic hydroxyl groups excluding tert-OH is 3. The Hall–Kier alpha value is -3.29. The smallest absolute Gasteiger partial charge is 0.394 e. The number of carbonyl (C=O) groups excluding carboxylic acids is 1. The van der Waals surface area contributed by atoms with Crippen LogP contribution in [0.15, 0.2) is 128 Å². The molecule has 0 aliphatic carbocycles. The van der Waals surface area contributed by atoms with Gasteiger partial charge in [-0.2, -0.15) is 4.31 Å². The number of hydrogen-bond donors (Lipinski definition) is 6. The molecule has 15 heteroatoms. The van der Waals surface area contributed by atoms with Crippen molar-refractivity contribution in [1.29, 1.82) is 0 Å². The van der Waals surface area contributed by atoms with E-state index in [4.69, 9.17) is 13.8 Å². The van der Waals surface area contributed by atoms with E-state index in [0.29, 0.717) is 6.42 Å². The Morgan fingerprint density at radius 2 is 0.731 bits per heavy atom. The normalized spacial score (nSPS) is 21.6. The second kappa shape index (κ2) is 40.8. The third-order valence-corrected chi connectivity index (χ3v) is 16.3. The Morgan fingerprint density at radius 1 is 0.449 bits per heavy atom. The molecule has 13 nitrogen and oxygen atoms in total. The van der Waals surface area contributed by atoms with Gasteiger partial charge in [-0.25, -0.2) is 9.13 Å². The van der Waals surface area contributed by atoms with Crippen LogP contribution < -0.4 is 5.32 Å². The van der Waals surface area contributed by atoms with Gasteiger partial charge in [-0.05, 0) is 212 Å². The zero-order valence-electron chi connectivity index (χ0n) is 50.3. The fourth-order valence-corrected chi connectivity index (χ4v) is 10.8. The van der Waals surface area contributed by atoms with Gasteiger partial charge < -0.3 is 35.2 Å². The molecular formula is C63H105NO12P2. The number of amides is 1. The average molecular weight is 1130 g/mol. The highest BCUT2D eigenvalue weighted by molar-refractivity contribution is 7.61. The van der Waals surface area contributed by atoms with Crippen LogP contribution in [0, 0.1) is 0 Å². The lowest BCUT2D eigenvalue weighted by Crippen LogP contribution is -2.64. The Bertz CT molecular complexity index is 2260. The van der Waals surface area contributed by atoms with Crippen LogP contribution in [-0.2, 0) is 32.0 Å². The maximum Gasteiger partial charge on any atom is 0.483 e. The van der Waals surface area contributed by atoms with Crippen molar-refractivity contribution in [3.8, 4) is 0 Å². The standard InChI is InChI=1S/C63H105NO12P2/c1-47(2)24-14-25-48(3)26-15-27-49(4)28-16-29-50(5)30-17-31-51(6)32-18-33-52(7)34-19-35-53(8)36-20-37-54(9)38-21-39-55(10)40-22-41-56(11)42-23-43-57(12)44-45-73-77(69,70)76-78(71,72)75-63-60(64-58(13)66)62(68)61(67)59(46-65)74-63/h24,26,28,30,32,34,36,38,40,42,44,59-63,65,67-68H,14-23,25,27,29,31,33,35,37,39,41,43,45-46H2,1-13H3,(H,64,66)(H,69,70)(H,71,72)/b48-26+,49-28+,50-30-,51-32-,52-34-,53-36-,54-38-,55-40-,56-42-,57-44-/t59-,60-,61+,62-,63-/m1/s1. The summed E-state index contributed by atoms with van der Waals surface area (Å²) in [5, 5.41) is 32.1. The second-order valence-electron chi connectivity index (χ2n) is 22.0. The van der Waals surface area contributed by atoms with Crippen LogP contribution in [0.4, 0.5) is 0 Å². The van der Waals surface area contributed by atoms with Crippen molar-refractivity contribution >= 4 is 21.6 Å². The molecular weight excluding hydrogens is 1020 g/mol. The Kier molecular flexibility index (Phi) is 38.1. The lowest BCUT2D eigenvalue weighted by Gasteiger charge is -2.42. The molecule has 6 N–H and O–H groups in total. The number of allylic oxidation sites excluding steroid dienone is 21. The summed E-state index contributed by atoms with van der Waals surface area (Å²) in [6.07, 6.45) is 39.6. The molecule has 0 saturated carbocycles. The van der Waals surface area contributed by atoms with Crippen molar-refractivity contribution in [3.63, 3.8) is 0 Å². The molecule has 0 aromatic heterocycles. The minimum Gasteiger partial charge on any atom is -0.394 e. The lowest BCUT2D eigenvalue weighted by atomic mass is 9.97. The number of phosphoric ester groups is 2. The molecule has 1 rings (SSSR count). The van der Waals surface area contributed by atoms with Crippen LogP contribution in [0.2, 0.25) is 0 Å².